The van der Waals surface area contributed by atoms with Crippen LogP contribution in [0.2, 0.25) is 0 Å². The predicted octanol–water partition coefficient (Wildman–Crippen LogP) is 0.109. The SMILES string of the molecule is COC(=O)[C@@]12[C@@H]3[C@H](OC(=O)[C@]3(C)C[C@@H]3[C@]1(C)[C@H](O)C=C1C(=CC(=O)OC1(C)C)[C@@]31CO1)O[C@]2(O)[C@H](C)O. The molecule has 4 heterocycles. The topological polar surface area (TPSA) is 161 Å². The van der Waals surface area contributed by atoms with E-state index in [1.54, 1.807) is 27.7 Å². The quantitative estimate of drug-likeness (QED) is 0.257. The Labute approximate surface area is 213 Å². The van der Waals surface area contributed by atoms with Crippen molar-refractivity contribution >= 4 is 17.9 Å². The van der Waals surface area contributed by atoms with E-state index in [2.05, 4.69) is 0 Å². The Morgan fingerprint density at radius 1 is 1.19 bits per heavy atom. The van der Waals surface area contributed by atoms with Crippen LogP contribution < -0.4 is 0 Å². The van der Waals surface area contributed by atoms with Crippen molar-refractivity contribution in [2.75, 3.05) is 13.7 Å². The number of aliphatic hydroxyl groups excluding tert-OH is 2. The van der Waals surface area contributed by atoms with Crippen LogP contribution in [0.25, 0.3) is 0 Å². The first kappa shape index (κ1) is 25.0. The molecule has 4 fully saturated rings. The van der Waals surface area contributed by atoms with E-state index in [1.807, 2.05) is 0 Å². The van der Waals surface area contributed by atoms with Gasteiger partial charge in [-0.3, -0.25) is 9.59 Å². The van der Waals surface area contributed by atoms with Crippen LogP contribution in [0.15, 0.2) is 23.3 Å². The van der Waals surface area contributed by atoms with Crippen LogP contribution in [0.5, 0.6) is 0 Å². The molecule has 0 aromatic carbocycles. The highest BCUT2D eigenvalue weighted by atomic mass is 16.8. The maximum absolute atomic E-state index is 14.1. The number of epoxide rings is 1. The number of carbonyl (C=O) groups is 3. The molecule has 37 heavy (non-hydrogen) atoms. The first-order valence-corrected chi connectivity index (χ1v) is 12.5. The summed E-state index contributed by atoms with van der Waals surface area (Å²) in [6.45, 7) is 8.03. The highest BCUT2D eigenvalue weighted by molar-refractivity contribution is 5.89. The first-order chi connectivity index (χ1) is 17.1. The van der Waals surface area contributed by atoms with E-state index in [9.17, 15) is 29.7 Å². The van der Waals surface area contributed by atoms with Gasteiger partial charge in [0.15, 0.2) is 0 Å². The summed E-state index contributed by atoms with van der Waals surface area (Å²) >= 11 is 0. The lowest BCUT2D eigenvalue weighted by Gasteiger charge is -2.63. The average molecular weight is 521 g/mol. The molecule has 1 saturated carbocycles. The molecular formula is C26H32O11. The lowest BCUT2D eigenvalue weighted by molar-refractivity contribution is -0.339. The number of ether oxygens (including phenoxy) is 5. The van der Waals surface area contributed by atoms with E-state index in [4.69, 9.17) is 23.7 Å². The van der Waals surface area contributed by atoms with Gasteiger partial charge in [-0.2, -0.15) is 0 Å². The number of cyclic esters (lactones) is 1. The fraction of sp³-hybridized carbons (Fsp3) is 0.731. The molecule has 1 spiro atoms. The highest BCUT2D eigenvalue weighted by Crippen LogP contribution is 2.78. The minimum Gasteiger partial charge on any atom is -0.468 e. The summed E-state index contributed by atoms with van der Waals surface area (Å²) in [6, 6.07) is 0. The summed E-state index contributed by atoms with van der Waals surface area (Å²) in [7, 11) is 1.14. The molecule has 11 nitrogen and oxygen atoms in total. The molecule has 202 valence electrons. The molecule has 3 N–H and O–H groups in total. The predicted molar refractivity (Wildman–Crippen MR) is 121 cm³/mol. The molecular weight excluding hydrogens is 488 g/mol. The Bertz CT molecular complexity index is 1200. The van der Waals surface area contributed by atoms with E-state index in [1.165, 1.54) is 19.1 Å². The summed E-state index contributed by atoms with van der Waals surface area (Å²) < 4.78 is 28.4. The maximum atomic E-state index is 14.1. The number of rotatable bonds is 2. The molecule has 6 aliphatic rings. The molecule has 2 aliphatic carbocycles. The van der Waals surface area contributed by atoms with Crippen LogP contribution >= 0.6 is 0 Å². The minimum absolute atomic E-state index is 0.0898. The van der Waals surface area contributed by atoms with Gasteiger partial charge in [-0.25, -0.2) is 4.79 Å². The summed E-state index contributed by atoms with van der Waals surface area (Å²) in [5, 5.41) is 35.1. The molecule has 4 aliphatic heterocycles. The Balaban J connectivity index is 1.73. The van der Waals surface area contributed by atoms with Gasteiger partial charge in [0.05, 0.1) is 31.2 Å². The van der Waals surface area contributed by atoms with Crippen molar-refractivity contribution in [2.24, 2.45) is 28.1 Å². The molecule has 3 saturated heterocycles. The molecule has 0 radical (unpaired) electrons. The number of carbonyl (C=O) groups excluding carboxylic acids is 3. The molecule has 11 heteroatoms. The van der Waals surface area contributed by atoms with Gasteiger partial charge in [0.2, 0.25) is 12.1 Å². The highest BCUT2D eigenvalue weighted by Gasteiger charge is 2.91. The second kappa shape index (κ2) is 6.81. The fourth-order valence-electron chi connectivity index (χ4n) is 8.46. The normalized spacial score (nSPS) is 51.5. The zero-order valence-electron chi connectivity index (χ0n) is 21.6. The van der Waals surface area contributed by atoms with Crippen molar-refractivity contribution in [3.8, 4) is 0 Å². The van der Waals surface area contributed by atoms with Crippen molar-refractivity contribution in [3.63, 3.8) is 0 Å². The van der Waals surface area contributed by atoms with Gasteiger partial charge < -0.3 is 39.0 Å². The Hall–Kier alpha value is -2.31. The summed E-state index contributed by atoms with van der Waals surface area (Å²) in [4.78, 5) is 40.1. The third-order valence-electron chi connectivity index (χ3n) is 10.2. The third-order valence-corrected chi connectivity index (χ3v) is 10.2. The van der Waals surface area contributed by atoms with E-state index in [0.717, 1.165) is 7.11 Å². The Morgan fingerprint density at radius 2 is 1.84 bits per heavy atom. The maximum Gasteiger partial charge on any atom is 0.332 e. The standard InChI is InChI=1S/C26H32O11/c1-11(27)26(32)25(20(31)33-6)17-18(37-26)35-19(30)22(17,4)9-14-23(25,5)15(28)7-12-13(24(14)10-34-24)8-16(29)36-21(12,2)3/h7-8,11,14-15,17-18,27-28,32H,9-10H2,1-6H3/t11-,14+,15+,17+,18+,22+,23+,24-,25-,26+/m0/s1. The van der Waals surface area contributed by atoms with Crippen molar-refractivity contribution < 1.29 is 53.4 Å². The average Bonchev–Trinajstić information content (AvgIpc) is 3.50. The van der Waals surface area contributed by atoms with Crippen molar-refractivity contribution in [3.05, 3.63) is 23.3 Å². The summed E-state index contributed by atoms with van der Waals surface area (Å²) in [6.07, 6.45) is -1.55. The largest absolute Gasteiger partial charge is 0.468 e. The van der Waals surface area contributed by atoms with Crippen molar-refractivity contribution in [1.82, 2.24) is 0 Å². The molecule has 0 unspecified atom stereocenters. The van der Waals surface area contributed by atoms with Crippen LogP contribution in [-0.4, -0.2) is 82.4 Å². The van der Waals surface area contributed by atoms with Crippen LogP contribution in [0.3, 0.4) is 0 Å². The van der Waals surface area contributed by atoms with E-state index in [0.29, 0.717) is 11.1 Å². The number of hydrogen-bond donors (Lipinski definition) is 3. The zero-order chi connectivity index (χ0) is 27.1. The van der Waals surface area contributed by atoms with Gasteiger partial charge in [-0.15, -0.1) is 0 Å². The van der Waals surface area contributed by atoms with Crippen LogP contribution in [-0.2, 0) is 38.1 Å². The van der Waals surface area contributed by atoms with Gasteiger partial charge in [0.25, 0.3) is 0 Å². The Kier molecular flexibility index (Phi) is 4.60. The third kappa shape index (κ3) is 2.44. The second-order valence-electron chi connectivity index (χ2n) is 12.2. The van der Waals surface area contributed by atoms with E-state index in [-0.39, 0.29) is 13.0 Å². The van der Waals surface area contributed by atoms with Gasteiger partial charge in [-0.1, -0.05) is 6.92 Å². The molecule has 0 aromatic heterocycles. The molecule has 10 atom stereocenters. The van der Waals surface area contributed by atoms with Crippen LogP contribution in [0, 0.1) is 28.1 Å². The number of methoxy groups -OCH3 is 1. The molecule has 0 bridgehead atoms. The van der Waals surface area contributed by atoms with Gasteiger partial charge in [0, 0.05) is 23.0 Å². The van der Waals surface area contributed by atoms with E-state index >= 15 is 0 Å². The monoisotopic (exact) mass is 520 g/mol. The van der Waals surface area contributed by atoms with Gasteiger partial charge in [-0.05, 0) is 45.8 Å². The first-order valence-electron chi connectivity index (χ1n) is 12.5. The Morgan fingerprint density at radius 3 is 2.41 bits per heavy atom. The number of aliphatic hydroxyl groups is 3. The van der Waals surface area contributed by atoms with Crippen LogP contribution in [0.4, 0.5) is 0 Å². The van der Waals surface area contributed by atoms with Crippen molar-refractivity contribution in [1.29, 1.82) is 0 Å². The summed E-state index contributed by atoms with van der Waals surface area (Å²) in [5.74, 6) is -6.71. The summed E-state index contributed by atoms with van der Waals surface area (Å²) in [5.41, 5.74) is -6.54. The number of fused-ring (bicyclic) bond motifs is 5. The smallest absolute Gasteiger partial charge is 0.332 e. The number of hydrogen-bond acceptors (Lipinski definition) is 11. The molecule has 6 rings (SSSR count). The second-order valence-corrected chi connectivity index (χ2v) is 12.2. The lowest BCUT2D eigenvalue weighted by atomic mass is 9.38. The lowest BCUT2D eigenvalue weighted by Crippen LogP contribution is -2.75. The zero-order valence-corrected chi connectivity index (χ0v) is 21.6. The van der Waals surface area contributed by atoms with E-state index < -0.39 is 81.5 Å². The number of esters is 3. The molecule has 0 amide bonds. The van der Waals surface area contributed by atoms with Gasteiger partial charge in [0.1, 0.15) is 22.7 Å². The fourth-order valence-corrected chi connectivity index (χ4v) is 8.46. The molecule has 0 aromatic rings. The minimum atomic E-state index is -2.61. The van der Waals surface area contributed by atoms with Crippen LogP contribution in [0.1, 0.15) is 41.0 Å². The van der Waals surface area contributed by atoms with Crippen molar-refractivity contribution in [2.45, 2.75) is 76.5 Å². The van der Waals surface area contributed by atoms with Gasteiger partial charge >= 0.3 is 17.9 Å².